The van der Waals surface area contributed by atoms with Crippen molar-refractivity contribution in [2.45, 2.75) is 19.8 Å². The van der Waals surface area contributed by atoms with Crippen molar-refractivity contribution in [3.63, 3.8) is 0 Å². The van der Waals surface area contributed by atoms with Crippen molar-refractivity contribution in [1.29, 1.82) is 0 Å². The number of carbonyl (C=O) groups excluding carboxylic acids is 2. The summed E-state index contributed by atoms with van der Waals surface area (Å²) >= 11 is 5.80. The Morgan fingerprint density at radius 1 is 1.38 bits per heavy atom. The van der Waals surface area contributed by atoms with Gasteiger partial charge in [-0.25, -0.2) is 0 Å². The van der Waals surface area contributed by atoms with E-state index < -0.39 is 0 Å². The second kappa shape index (κ2) is 5.66. The highest BCUT2D eigenvalue weighted by Gasteiger charge is 2.15. The third-order valence-corrected chi connectivity index (χ3v) is 2.45. The van der Waals surface area contributed by atoms with Crippen LogP contribution >= 0.6 is 11.6 Å². The number of carbonyl (C=O) groups is 2. The number of ketones is 2. The number of hydrogen-bond donors (Lipinski definition) is 0. The Hall–Kier alpha value is -1.35. The summed E-state index contributed by atoms with van der Waals surface area (Å²) in [5, 5.41) is 0.452. The number of halogens is 1. The van der Waals surface area contributed by atoms with E-state index in [2.05, 4.69) is 0 Å². The molecule has 0 aliphatic heterocycles. The Balaban J connectivity index is 2.97. The number of benzene rings is 1. The van der Waals surface area contributed by atoms with Crippen LogP contribution in [-0.4, -0.2) is 18.7 Å². The standard InChI is InChI=1S/C12H13ClO3/c1-3-9(14)7-11(15)10-6-8(13)4-5-12(10)16-2/h4-6H,3,7H2,1-2H3. The second-order valence-corrected chi connectivity index (χ2v) is 3.77. The molecule has 1 aromatic carbocycles. The van der Waals surface area contributed by atoms with E-state index in [1.165, 1.54) is 13.2 Å². The molecule has 0 aromatic heterocycles. The third-order valence-electron chi connectivity index (χ3n) is 2.21. The summed E-state index contributed by atoms with van der Waals surface area (Å²) in [7, 11) is 1.47. The van der Waals surface area contributed by atoms with Crippen LogP contribution in [0, 0.1) is 0 Å². The molecule has 16 heavy (non-hydrogen) atoms. The van der Waals surface area contributed by atoms with Crippen molar-refractivity contribution in [3.8, 4) is 5.75 Å². The largest absolute Gasteiger partial charge is 0.496 e. The highest BCUT2D eigenvalue weighted by molar-refractivity contribution is 6.31. The lowest BCUT2D eigenvalue weighted by Crippen LogP contribution is -2.08. The summed E-state index contributed by atoms with van der Waals surface area (Å²) < 4.78 is 5.05. The Labute approximate surface area is 99.4 Å². The van der Waals surface area contributed by atoms with Crippen LogP contribution in [0.2, 0.25) is 5.02 Å². The lowest BCUT2D eigenvalue weighted by molar-refractivity contribution is -0.117. The Kier molecular flexibility index (Phi) is 4.50. The number of hydrogen-bond acceptors (Lipinski definition) is 3. The normalized spacial score (nSPS) is 9.94. The molecular weight excluding hydrogens is 228 g/mol. The van der Waals surface area contributed by atoms with Gasteiger partial charge < -0.3 is 4.74 Å². The molecule has 86 valence electrons. The fourth-order valence-corrected chi connectivity index (χ4v) is 1.47. The molecule has 0 atom stereocenters. The van der Waals surface area contributed by atoms with E-state index in [1.54, 1.807) is 19.1 Å². The predicted molar refractivity (Wildman–Crippen MR) is 62.2 cm³/mol. The lowest BCUT2D eigenvalue weighted by atomic mass is 10.0. The van der Waals surface area contributed by atoms with Crippen LogP contribution in [0.3, 0.4) is 0 Å². The number of methoxy groups -OCH3 is 1. The smallest absolute Gasteiger partial charge is 0.174 e. The van der Waals surface area contributed by atoms with Crippen LogP contribution in [0.25, 0.3) is 0 Å². The third kappa shape index (κ3) is 3.07. The molecule has 3 nitrogen and oxygen atoms in total. The lowest BCUT2D eigenvalue weighted by Gasteiger charge is -2.07. The molecule has 0 unspecified atom stereocenters. The summed E-state index contributed by atoms with van der Waals surface area (Å²) in [6, 6.07) is 4.77. The fourth-order valence-electron chi connectivity index (χ4n) is 1.30. The van der Waals surface area contributed by atoms with Crippen LogP contribution in [0.15, 0.2) is 18.2 Å². The van der Waals surface area contributed by atoms with E-state index in [0.717, 1.165) is 0 Å². The zero-order valence-corrected chi connectivity index (χ0v) is 10.0. The van der Waals surface area contributed by atoms with Crippen molar-refractivity contribution in [2.24, 2.45) is 0 Å². The van der Waals surface area contributed by atoms with Crippen molar-refractivity contribution in [1.82, 2.24) is 0 Å². The second-order valence-electron chi connectivity index (χ2n) is 3.34. The van der Waals surface area contributed by atoms with E-state index in [1.807, 2.05) is 0 Å². The molecule has 0 heterocycles. The van der Waals surface area contributed by atoms with Gasteiger partial charge in [-0.2, -0.15) is 0 Å². The molecule has 0 aliphatic carbocycles. The van der Waals surface area contributed by atoms with Gasteiger partial charge in [0.2, 0.25) is 0 Å². The van der Waals surface area contributed by atoms with Crippen LogP contribution in [-0.2, 0) is 4.79 Å². The van der Waals surface area contributed by atoms with Crippen molar-refractivity contribution >= 4 is 23.2 Å². The van der Waals surface area contributed by atoms with Gasteiger partial charge in [0.05, 0.1) is 19.1 Å². The highest BCUT2D eigenvalue weighted by atomic mass is 35.5. The van der Waals surface area contributed by atoms with E-state index >= 15 is 0 Å². The first-order valence-electron chi connectivity index (χ1n) is 4.97. The molecule has 0 amide bonds. The van der Waals surface area contributed by atoms with Gasteiger partial charge in [-0.05, 0) is 18.2 Å². The maximum atomic E-state index is 11.8. The molecule has 0 aliphatic rings. The van der Waals surface area contributed by atoms with Crippen molar-refractivity contribution in [2.75, 3.05) is 7.11 Å². The van der Waals surface area contributed by atoms with Gasteiger partial charge in [0.25, 0.3) is 0 Å². The summed E-state index contributed by atoms with van der Waals surface area (Å²) in [4.78, 5) is 23.0. The molecule has 0 N–H and O–H groups in total. The van der Waals surface area contributed by atoms with Crippen LogP contribution in [0.5, 0.6) is 5.75 Å². The van der Waals surface area contributed by atoms with Gasteiger partial charge in [0.1, 0.15) is 11.5 Å². The summed E-state index contributed by atoms with van der Waals surface area (Å²) in [5.41, 5.74) is 0.358. The molecule has 0 radical (unpaired) electrons. The van der Waals surface area contributed by atoms with Crippen LogP contribution in [0.4, 0.5) is 0 Å². The monoisotopic (exact) mass is 240 g/mol. The Bertz CT molecular complexity index is 413. The van der Waals surface area contributed by atoms with Crippen molar-refractivity contribution in [3.05, 3.63) is 28.8 Å². The summed E-state index contributed by atoms with van der Waals surface area (Å²) in [6.45, 7) is 1.73. The van der Waals surface area contributed by atoms with E-state index in [-0.39, 0.29) is 18.0 Å². The maximum absolute atomic E-state index is 11.8. The summed E-state index contributed by atoms with van der Waals surface area (Å²) in [6.07, 6.45) is 0.252. The molecule has 1 rings (SSSR count). The Morgan fingerprint density at radius 2 is 2.06 bits per heavy atom. The zero-order valence-electron chi connectivity index (χ0n) is 9.25. The van der Waals surface area contributed by atoms with Gasteiger partial charge in [-0.1, -0.05) is 18.5 Å². The van der Waals surface area contributed by atoms with Crippen LogP contribution < -0.4 is 4.74 Å². The first-order chi connectivity index (χ1) is 7.58. The van der Waals surface area contributed by atoms with E-state index in [0.29, 0.717) is 22.8 Å². The minimum Gasteiger partial charge on any atom is -0.496 e. The van der Waals surface area contributed by atoms with E-state index in [4.69, 9.17) is 16.3 Å². The molecule has 1 aromatic rings. The molecule has 0 fully saturated rings. The van der Waals surface area contributed by atoms with Gasteiger partial charge in [0, 0.05) is 11.4 Å². The molecular formula is C12H13ClO3. The topological polar surface area (TPSA) is 43.4 Å². The van der Waals surface area contributed by atoms with Gasteiger partial charge in [-0.3, -0.25) is 9.59 Å². The molecule has 0 saturated carbocycles. The molecule has 0 bridgehead atoms. The van der Waals surface area contributed by atoms with Crippen LogP contribution in [0.1, 0.15) is 30.1 Å². The van der Waals surface area contributed by atoms with E-state index in [9.17, 15) is 9.59 Å². The SMILES string of the molecule is CCC(=O)CC(=O)c1cc(Cl)ccc1OC. The number of rotatable bonds is 5. The highest BCUT2D eigenvalue weighted by Crippen LogP contribution is 2.24. The molecule has 0 spiro atoms. The minimum atomic E-state index is -0.258. The van der Waals surface area contributed by atoms with Gasteiger partial charge >= 0.3 is 0 Å². The molecule has 4 heteroatoms. The number of ether oxygens (including phenoxy) is 1. The zero-order chi connectivity index (χ0) is 12.1. The average Bonchev–Trinajstić information content (AvgIpc) is 2.28. The Morgan fingerprint density at radius 3 is 2.62 bits per heavy atom. The van der Waals surface area contributed by atoms with Crippen molar-refractivity contribution < 1.29 is 14.3 Å². The maximum Gasteiger partial charge on any atom is 0.174 e. The quantitative estimate of drug-likeness (QED) is 0.587. The fraction of sp³-hybridized carbons (Fsp3) is 0.333. The summed E-state index contributed by atoms with van der Waals surface area (Å²) in [5.74, 6) is 0.0940. The number of Topliss-reactive ketones (excluding diaryl/α,β-unsaturated/α-hetero) is 2. The van der Waals surface area contributed by atoms with Gasteiger partial charge in [-0.15, -0.1) is 0 Å². The average molecular weight is 241 g/mol. The minimum absolute atomic E-state index is 0.0907. The molecule has 0 saturated heterocycles. The first kappa shape index (κ1) is 12.7. The van der Waals surface area contributed by atoms with Gasteiger partial charge in [0.15, 0.2) is 5.78 Å². The first-order valence-corrected chi connectivity index (χ1v) is 5.34. The predicted octanol–water partition coefficient (Wildman–Crippen LogP) is 2.90.